The zero-order valence-corrected chi connectivity index (χ0v) is 15.2. The summed E-state index contributed by atoms with van der Waals surface area (Å²) in [5, 5.41) is 4.28. The third-order valence-electron chi connectivity index (χ3n) is 3.69. The van der Waals surface area contributed by atoms with Gasteiger partial charge in [-0.1, -0.05) is 59.6 Å². The Labute approximate surface area is 156 Å². The largest absolute Gasteiger partial charge is 0.368 e. The Kier molecular flexibility index (Phi) is 5.87. The third kappa shape index (κ3) is 4.48. The number of nitrogens with zero attached hydrogens (tertiary/aromatic N) is 2. The highest BCUT2D eigenvalue weighted by Crippen LogP contribution is 2.28. The first-order valence-electron chi connectivity index (χ1n) is 8.10. The lowest BCUT2D eigenvalue weighted by Crippen LogP contribution is -2.50. The molecule has 0 bridgehead atoms. The summed E-state index contributed by atoms with van der Waals surface area (Å²) in [6, 6.07) is 13.6. The molecule has 0 radical (unpaired) electrons. The van der Waals surface area contributed by atoms with Crippen LogP contribution in [0.15, 0.2) is 42.5 Å². The van der Waals surface area contributed by atoms with Crippen LogP contribution in [0.4, 0.5) is 5.82 Å². The quantitative estimate of drug-likeness (QED) is 0.637. The summed E-state index contributed by atoms with van der Waals surface area (Å²) in [6.07, 6.45) is 4.93. The van der Waals surface area contributed by atoms with E-state index in [0.29, 0.717) is 21.1 Å². The van der Waals surface area contributed by atoms with Gasteiger partial charge in [0.1, 0.15) is 5.69 Å². The van der Waals surface area contributed by atoms with Gasteiger partial charge < -0.3 is 11.1 Å². The smallest absolute Gasteiger partial charge is 0.152 e. The standard InChI is InChI=1S/C19H18Cl2N4/c20-14-11-17-18(12-15(14)21)25-19(23-10-4-9-22)16(24-17)8-7-13-5-2-1-3-6-13/h1-3,5-8,11-12H,4,9-10,22H2,(H,23,25)/p+1/b8-7+. The number of halogens is 2. The Morgan fingerprint density at radius 3 is 2.32 bits per heavy atom. The van der Waals surface area contributed by atoms with Gasteiger partial charge in [0.2, 0.25) is 0 Å². The second kappa shape index (κ2) is 8.30. The average Bonchev–Trinajstić information content (AvgIpc) is 2.62. The Morgan fingerprint density at radius 2 is 1.64 bits per heavy atom. The monoisotopic (exact) mass is 373 g/mol. The summed E-state index contributed by atoms with van der Waals surface area (Å²) in [7, 11) is 0. The average molecular weight is 374 g/mol. The topological polar surface area (TPSA) is 65.5 Å². The number of rotatable bonds is 6. The molecule has 0 aliphatic heterocycles. The third-order valence-corrected chi connectivity index (χ3v) is 4.41. The van der Waals surface area contributed by atoms with Crippen molar-refractivity contribution in [2.75, 3.05) is 18.4 Å². The molecular weight excluding hydrogens is 355 g/mol. The van der Waals surface area contributed by atoms with E-state index in [-0.39, 0.29) is 0 Å². The zero-order chi connectivity index (χ0) is 17.6. The van der Waals surface area contributed by atoms with Gasteiger partial charge in [-0.05, 0) is 23.8 Å². The molecule has 1 heterocycles. The predicted molar refractivity (Wildman–Crippen MR) is 106 cm³/mol. The molecule has 0 aliphatic rings. The van der Waals surface area contributed by atoms with Gasteiger partial charge >= 0.3 is 0 Å². The molecule has 0 saturated carbocycles. The lowest BCUT2D eigenvalue weighted by atomic mass is 10.2. The van der Waals surface area contributed by atoms with E-state index < -0.39 is 0 Å². The molecule has 0 atom stereocenters. The SMILES string of the molecule is [NH3+]CCCNc1nc2cc(Cl)c(Cl)cc2nc1/C=C/c1ccccc1. The van der Waals surface area contributed by atoms with Gasteiger partial charge in [0.15, 0.2) is 5.82 Å². The fraction of sp³-hybridized carbons (Fsp3) is 0.158. The molecule has 0 aliphatic carbocycles. The summed E-state index contributed by atoms with van der Waals surface area (Å²) in [5.74, 6) is 0.728. The van der Waals surface area contributed by atoms with Gasteiger partial charge in [-0.15, -0.1) is 0 Å². The van der Waals surface area contributed by atoms with E-state index in [1.807, 2.05) is 42.5 Å². The van der Waals surface area contributed by atoms with Crippen molar-refractivity contribution in [3.8, 4) is 0 Å². The van der Waals surface area contributed by atoms with Gasteiger partial charge in [0, 0.05) is 13.0 Å². The molecule has 3 aromatic rings. The van der Waals surface area contributed by atoms with E-state index in [0.717, 1.165) is 36.6 Å². The Morgan fingerprint density at radius 1 is 0.960 bits per heavy atom. The molecule has 1 aromatic heterocycles. The van der Waals surface area contributed by atoms with Crippen LogP contribution >= 0.6 is 23.2 Å². The summed E-state index contributed by atoms with van der Waals surface area (Å²) in [4.78, 5) is 9.37. The maximum Gasteiger partial charge on any atom is 0.152 e. The summed E-state index contributed by atoms with van der Waals surface area (Å²) < 4.78 is 0. The fourth-order valence-electron chi connectivity index (χ4n) is 2.38. The molecule has 128 valence electrons. The van der Waals surface area contributed by atoms with E-state index in [4.69, 9.17) is 28.2 Å². The molecule has 4 N–H and O–H groups in total. The summed E-state index contributed by atoms with van der Waals surface area (Å²) in [5.41, 5.74) is 7.15. The number of hydrogen-bond acceptors (Lipinski definition) is 3. The van der Waals surface area contributed by atoms with Crippen molar-refractivity contribution in [3.05, 3.63) is 63.8 Å². The highest BCUT2D eigenvalue weighted by atomic mass is 35.5. The van der Waals surface area contributed by atoms with E-state index in [1.165, 1.54) is 0 Å². The first-order valence-corrected chi connectivity index (χ1v) is 8.86. The molecular formula is C19H19Cl2N4+. The van der Waals surface area contributed by atoms with E-state index >= 15 is 0 Å². The van der Waals surface area contributed by atoms with Crippen LogP contribution in [0.1, 0.15) is 17.7 Å². The first-order chi connectivity index (χ1) is 12.2. The van der Waals surface area contributed by atoms with Gasteiger partial charge in [-0.3, -0.25) is 0 Å². The van der Waals surface area contributed by atoms with Crippen molar-refractivity contribution in [2.45, 2.75) is 6.42 Å². The van der Waals surface area contributed by atoms with Crippen molar-refractivity contribution in [1.29, 1.82) is 0 Å². The number of anilines is 1. The van der Waals surface area contributed by atoms with Gasteiger partial charge in [-0.2, -0.15) is 0 Å². The maximum absolute atomic E-state index is 6.11. The summed E-state index contributed by atoms with van der Waals surface area (Å²) >= 11 is 12.2. The molecule has 4 nitrogen and oxygen atoms in total. The van der Waals surface area contributed by atoms with Crippen LogP contribution in [0.3, 0.4) is 0 Å². The van der Waals surface area contributed by atoms with E-state index in [1.54, 1.807) is 12.1 Å². The molecule has 0 saturated heterocycles. The second-order valence-electron chi connectivity index (χ2n) is 5.59. The van der Waals surface area contributed by atoms with Crippen LogP contribution in [0.2, 0.25) is 10.0 Å². The second-order valence-corrected chi connectivity index (χ2v) is 6.40. The van der Waals surface area contributed by atoms with Crippen LogP contribution in [0.25, 0.3) is 23.2 Å². The van der Waals surface area contributed by atoms with E-state index in [2.05, 4.69) is 16.0 Å². The molecule has 25 heavy (non-hydrogen) atoms. The van der Waals surface area contributed by atoms with Gasteiger partial charge in [0.25, 0.3) is 0 Å². The normalized spacial score (nSPS) is 11.3. The number of benzene rings is 2. The number of fused-ring (bicyclic) bond motifs is 1. The van der Waals surface area contributed by atoms with Crippen LogP contribution in [-0.4, -0.2) is 23.1 Å². The predicted octanol–water partition coefficient (Wildman–Crippen LogP) is 4.15. The number of quaternary nitrogens is 1. The van der Waals surface area contributed by atoms with Crippen LogP contribution in [-0.2, 0) is 0 Å². The zero-order valence-electron chi connectivity index (χ0n) is 13.7. The van der Waals surface area contributed by atoms with Crippen molar-refractivity contribution < 1.29 is 5.73 Å². The lowest BCUT2D eigenvalue weighted by Gasteiger charge is -2.10. The van der Waals surface area contributed by atoms with Crippen molar-refractivity contribution >= 4 is 52.2 Å². The minimum Gasteiger partial charge on any atom is -0.368 e. The molecule has 0 unspecified atom stereocenters. The highest BCUT2D eigenvalue weighted by Gasteiger charge is 2.09. The van der Waals surface area contributed by atoms with Crippen LogP contribution in [0, 0.1) is 0 Å². The fourth-order valence-corrected chi connectivity index (χ4v) is 2.70. The molecule has 3 rings (SSSR count). The molecule has 0 amide bonds. The van der Waals surface area contributed by atoms with Crippen LogP contribution in [0.5, 0.6) is 0 Å². The Balaban J connectivity index is 2.01. The molecule has 0 spiro atoms. The number of hydrogen-bond donors (Lipinski definition) is 2. The Hall–Kier alpha value is -2.14. The number of aromatic nitrogens is 2. The minimum absolute atomic E-state index is 0.472. The maximum atomic E-state index is 6.11. The number of nitrogens with one attached hydrogen (secondary N) is 1. The molecule has 6 heteroatoms. The Bertz CT molecular complexity index is 895. The van der Waals surface area contributed by atoms with Crippen LogP contribution < -0.4 is 11.1 Å². The summed E-state index contributed by atoms with van der Waals surface area (Å²) in [6.45, 7) is 1.65. The molecule has 2 aromatic carbocycles. The van der Waals surface area contributed by atoms with Crippen molar-refractivity contribution in [3.63, 3.8) is 0 Å². The van der Waals surface area contributed by atoms with E-state index in [9.17, 15) is 0 Å². The van der Waals surface area contributed by atoms with Gasteiger partial charge in [0.05, 0.1) is 27.6 Å². The molecule has 0 fully saturated rings. The van der Waals surface area contributed by atoms with Gasteiger partial charge in [-0.25, -0.2) is 9.97 Å². The first kappa shape index (κ1) is 17.7. The highest BCUT2D eigenvalue weighted by molar-refractivity contribution is 6.42. The minimum atomic E-state index is 0.472. The van der Waals surface area contributed by atoms with Crippen molar-refractivity contribution in [2.24, 2.45) is 0 Å². The van der Waals surface area contributed by atoms with Crippen molar-refractivity contribution in [1.82, 2.24) is 9.97 Å². The lowest BCUT2D eigenvalue weighted by molar-refractivity contribution is -0.367.